The first-order valence-corrected chi connectivity index (χ1v) is 11.8. The van der Waals surface area contributed by atoms with Crippen molar-refractivity contribution in [1.29, 1.82) is 0 Å². The fraction of sp³-hybridized carbons (Fsp3) is 0.520. The molecule has 2 aromatic rings. The van der Waals surface area contributed by atoms with E-state index in [-0.39, 0.29) is 6.10 Å². The van der Waals surface area contributed by atoms with Crippen molar-refractivity contribution in [3.8, 4) is 5.75 Å². The lowest BCUT2D eigenvalue weighted by Gasteiger charge is -2.18. The first-order valence-electron chi connectivity index (χ1n) is 11.8. The van der Waals surface area contributed by atoms with Crippen molar-refractivity contribution in [3.63, 3.8) is 0 Å². The third-order valence-electron chi connectivity index (χ3n) is 5.85. The second-order valence-electron chi connectivity index (χ2n) is 8.48. The van der Waals surface area contributed by atoms with Crippen LogP contribution in [0.25, 0.3) is 0 Å². The van der Waals surface area contributed by atoms with Gasteiger partial charge in [0.15, 0.2) is 5.96 Å². The van der Waals surface area contributed by atoms with Gasteiger partial charge >= 0.3 is 0 Å². The molecule has 1 unspecified atom stereocenters. The predicted molar refractivity (Wildman–Crippen MR) is 128 cm³/mol. The number of nitrogens with zero attached hydrogens (tertiary/aromatic N) is 3. The Balaban J connectivity index is 1.40. The molecule has 0 amide bonds. The van der Waals surface area contributed by atoms with Gasteiger partial charge in [0.2, 0.25) is 0 Å². The number of aliphatic imine (C=N–C) groups is 1. The van der Waals surface area contributed by atoms with E-state index >= 15 is 0 Å². The molecule has 32 heavy (non-hydrogen) atoms. The summed E-state index contributed by atoms with van der Waals surface area (Å²) in [5, 5.41) is 6.81. The molecule has 1 aromatic heterocycles. The molecule has 7 heteroatoms. The molecule has 0 spiro atoms. The zero-order valence-corrected chi connectivity index (χ0v) is 19.3. The first kappa shape index (κ1) is 22.4. The van der Waals surface area contributed by atoms with Crippen molar-refractivity contribution in [1.82, 2.24) is 15.6 Å². The number of anilines is 1. The predicted octanol–water partition coefficient (Wildman–Crippen LogP) is 3.41. The van der Waals surface area contributed by atoms with Crippen molar-refractivity contribution in [3.05, 3.63) is 53.2 Å². The van der Waals surface area contributed by atoms with E-state index in [2.05, 4.69) is 58.6 Å². The third kappa shape index (κ3) is 6.13. The number of aryl methyl sites for hydroxylation is 1. The molecule has 7 nitrogen and oxygen atoms in total. The molecule has 2 fully saturated rings. The number of guanidine groups is 1. The Hall–Kier alpha value is -2.80. The summed E-state index contributed by atoms with van der Waals surface area (Å²) in [6, 6.07) is 10.6. The number of hydrogen-bond acceptors (Lipinski definition) is 5. The van der Waals surface area contributed by atoms with Crippen molar-refractivity contribution < 1.29 is 9.47 Å². The lowest BCUT2D eigenvalue weighted by atomic mass is 10.1. The van der Waals surface area contributed by atoms with E-state index in [1.807, 2.05) is 12.3 Å². The van der Waals surface area contributed by atoms with Crippen LogP contribution in [-0.4, -0.2) is 49.9 Å². The molecule has 1 atom stereocenters. The SMILES string of the molecule is CCNC(=NCc1ccnc(N2CCCC2)c1)NCc1ccc(C)cc1OC1CCOC1. The highest BCUT2D eigenvalue weighted by molar-refractivity contribution is 5.79. The molecule has 1 aromatic carbocycles. The Morgan fingerprint density at radius 3 is 2.88 bits per heavy atom. The molecule has 2 saturated heterocycles. The lowest BCUT2D eigenvalue weighted by molar-refractivity contribution is 0.140. The Morgan fingerprint density at radius 2 is 2.09 bits per heavy atom. The van der Waals surface area contributed by atoms with E-state index in [0.717, 1.165) is 55.8 Å². The largest absolute Gasteiger partial charge is 0.488 e. The van der Waals surface area contributed by atoms with Crippen molar-refractivity contribution in [2.45, 2.75) is 52.3 Å². The number of benzene rings is 1. The van der Waals surface area contributed by atoms with Gasteiger partial charge in [0.05, 0.1) is 19.8 Å². The molecule has 3 heterocycles. The molecule has 172 valence electrons. The summed E-state index contributed by atoms with van der Waals surface area (Å²) in [7, 11) is 0. The van der Waals surface area contributed by atoms with Gasteiger partial charge in [-0.2, -0.15) is 0 Å². The average molecular weight is 438 g/mol. The van der Waals surface area contributed by atoms with Crippen LogP contribution in [0.3, 0.4) is 0 Å². The Kier molecular flexibility index (Phi) is 7.82. The van der Waals surface area contributed by atoms with Crippen LogP contribution in [0, 0.1) is 6.92 Å². The molecule has 0 bridgehead atoms. The molecular formula is C25H35N5O2. The van der Waals surface area contributed by atoms with Crippen LogP contribution < -0.4 is 20.3 Å². The molecule has 0 aliphatic carbocycles. The van der Waals surface area contributed by atoms with E-state index in [0.29, 0.717) is 19.7 Å². The van der Waals surface area contributed by atoms with Crippen LogP contribution in [0.1, 0.15) is 42.9 Å². The van der Waals surface area contributed by atoms with Gasteiger partial charge in [0.1, 0.15) is 17.7 Å². The van der Waals surface area contributed by atoms with Crippen LogP contribution in [0.4, 0.5) is 5.82 Å². The second kappa shape index (κ2) is 11.2. The van der Waals surface area contributed by atoms with Gasteiger partial charge in [-0.3, -0.25) is 0 Å². The number of pyridine rings is 1. The van der Waals surface area contributed by atoms with E-state index in [1.165, 1.54) is 24.0 Å². The third-order valence-corrected chi connectivity index (χ3v) is 5.85. The monoisotopic (exact) mass is 437 g/mol. The minimum absolute atomic E-state index is 0.133. The number of rotatable bonds is 8. The summed E-state index contributed by atoms with van der Waals surface area (Å²) in [5.74, 6) is 2.78. The maximum absolute atomic E-state index is 6.23. The molecule has 0 saturated carbocycles. The van der Waals surface area contributed by atoms with Crippen LogP contribution in [0.15, 0.2) is 41.5 Å². The number of nitrogens with one attached hydrogen (secondary N) is 2. The molecule has 2 N–H and O–H groups in total. The van der Waals surface area contributed by atoms with Crippen molar-refractivity contribution in [2.75, 3.05) is 37.7 Å². The van der Waals surface area contributed by atoms with Crippen molar-refractivity contribution >= 4 is 11.8 Å². The minimum atomic E-state index is 0.133. The fourth-order valence-electron chi connectivity index (χ4n) is 4.07. The van der Waals surface area contributed by atoms with Gasteiger partial charge in [-0.05, 0) is 56.0 Å². The summed E-state index contributed by atoms with van der Waals surface area (Å²) in [6.45, 7) is 9.85. The minimum Gasteiger partial charge on any atom is -0.488 e. The summed E-state index contributed by atoms with van der Waals surface area (Å²) in [6.07, 6.45) is 5.46. The van der Waals surface area contributed by atoms with E-state index < -0.39 is 0 Å². The van der Waals surface area contributed by atoms with E-state index in [9.17, 15) is 0 Å². The van der Waals surface area contributed by atoms with Crippen LogP contribution in [0.2, 0.25) is 0 Å². The maximum atomic E-state index is 6.23. The van der Waals surface area contributed by atoms with Crippen LogP contribution >= 0.6 is 0 Å². The van der Waals surface area contributed by atoms with Crippen LogP contribution in [-0.2, 0) is 17.8 Å². The Labute approximate surface area is 191 Å². The molecule has 0 radical (unpaired) electrons. The van der Waals surface area contributed by atoms with Gasteiger partial charge in [-0.25, -0.2) is 9.98 Å². The Bertz CT molecular complexity index is 905. The molecular weight excluding hydrogens is 402 g/mol. The summed E-state index contributed by atoms with van der Waals surface area (Å²) >= 11 is 0. The highest BCUT2D eigenvalue weighted by atomic mass is 16.5. The van der Waals surface area contributed by atoms with Gasteiger partial charge in [0, 0.05) is 44.4 Å². The zero-order valence-electron chi connectivity index (χ0n) is 19.3. The number of hydrogen-bond donors (Lipinski definition) is 2. The van der Waals surface area contributed by atoms with Gasteiger partial charge in [-0.1, -0.05) is 12.1 Å². The zero-order chi connectivity index (χ0) is 22.2. The fourth-order valence-corrected chi connectivity index (χ4v) is 4.07. The highest BCUT2D eigenvalue weighted by Gasteiger charge is 2.19. The summed E-state index contributed by atoms with van der Waals surface area (Å²) < 4.78 is 11.7. The van der Waals surface area contributed by atoms with Crippen LogP contribution in [0.5, 0.6) is 5.75 Å². The number of ether oxygens (including phenoxy) is 2. The molecule has 2 aliphatic heterocycles. The first-order chi connectivity index (χ1) is 15.7. The number of aromatic nitrogens is 1. The normalized spacial score (nSPS) is 18.8. The summed E-state index contributed by atoms with van der Waals surface area (Å²) in [5.41, 5.74) is 3.47. The van der Waals surface area contributed by atoms with Gasteiger partial charge < -0.3 is 25.0 Å². The smallest absolute Gasteiger partial charge is 0.191 e. The quantitative estimate of drug-likeness (QED) is 0.487. The molecule has 2 aliphatic rings. The Morgan fingerprint density at radius 1 is 1.22 bits per heavy atom. The second-order valence-corrected chi connectivity index (χ2v) is 8.48. The average Bonchev–Trinajstić information content (AvgIpc) is 3.51. The van der Waals surface area contributed by atoms with Gasteiger partial charge in [0.25, 0.3) is 0 Å². The maximum Gasteiger partial charge on any atom is 0.191 e. The highest BCUT2D eigenvalue weighted by Crippen LogP contribution is 2.24. The molecule has 4 rings (SSSR count). The topological polar surface area (TPSA) is 71.0 Å². The standard InChI is InChI=1S/C25H35N5O2/c1-3-26-25(28-16-20-8-10-27-24(15-20)30-11-4-5-12-30)29-17-21-7-6-19(2)14-23(21)32-22-9-13-31-18-22/h6-8,10,14-15,22H,3-5,9,11-13,16-18H2,1-2H3,(H2,26,28,29). The van der Waals surface area contributed by atoms with Gasteiger partial charge in [-0.15, -0.1) is 0 Å². The lowest BCUT2D eigenvalue weighted by Crippen LogP contribution is -2.37. The van der Waals surface area contributed by atoms with Crippen molar-refractivity contribution in [2.24, 2.45) is 4.99 Å². The van der Waals surface area contributed by atoms with E-state index in [4.69, 9.17) is 14.5 Å². The summed E-state index contributed by atoms with van der Waals surface area (Å²) in [4.78, 5) is 11.7. The van der Waals surface area contributed by atoms with E-state index in [1.54, 1.807) is 0 Å².